The number of oxime groups is 1. The molecule has 31 heavy (non-hydrogen) atoms. The maximum atomic E-state index is 12.9. The summed E-state index contributed by atoms with van der Waals surface area (Å²) in [5.41, 5.74) is -1.23. The first-order valence-electron chi connectivity index (χ1n) is 8.93. The molecular formula is C18H19N5O6S2. The zero-order valence-electron chi connectivity index (χ0n) is 16.1. The molecule has 3 atom stereocenters. The highest BCUT2D eigenvalue weighted by molar-refractivity contribution is 8.00. The van der Waals surface area contributed by atoms with Gasteiger partial charge in [-0.15, -0.1) is 29.7 Å². The predicted molar refractivity (Wildman–Crippen MR) is 115 cm³/mol. The Morgan fingerprint density at radius 1 is 1.48 bits per heavy atom. The highest BCUT2D eigenvalue weighted by Gasteiger charge is 2.56. The van der Waals surface area contributed by atoms with E-state index < -0.39 is 34.6 Å². The lowest BCUT2D eigenvalue weighted by Gasteiger charge is -2.53. The number of fused-ring (bicyclic) bond motifs is 1. The van der Waals surface area contributed by atoms with Gasteiger partial charge in [-0.3, -0.25) is 19.2 Å². The summed E-state index contributed by atoms with van der Waals surface area (Å²) in [6, 6.07) is -0.843. The summed E-state index contributed by atoms with van der Waals surface area (Å²) in [4.78, 5) is 58.2. The molecular weight excluding hydrogens is 446 g/mol. The highest BCUT2D eigenvalue weighted by Crippen LogP contribution is 2.42. The van der Waals surface area contributed by atoms with Gasteiger partial charge in [0.2, 0.25) is 12.3 Å². The Morgan fingerprint density at radius 2 is 2.26 bits per heavy atom. The van der Waals surface area contributed by atoms with E-state index in [9.17, 15) is 24.3 Å². The number of carbonyl (C=O) groups excluding carboxylic acids is 3. The molecule has 2 saturated heterocycles. The molecule has 0 saturated carbocycles. The quantitative estimate of drug-likeness (QED) is 0.111. The van der Waals surface area contributed by atoms with Crippen LogP contribution in [-0.2, 0) is 24.0 Å². The van der Waals surface area contributed by atoms with Gasteiger partial charge in [-0.1, -0.05) is 23.9 Å². The number of thioether (sulfide) groups is 1. The van der Waals surface area contributed by atoms with Gasteiger partial charge < -0.3 is 25.5 Å². The van der Waals surface area contributed by atoms with Crippen molar-refractivity contribution in [1.29, 1.82) is 0 Å². The molecule has 2 unspecified atom stereocenters. The number of carbonyl (C=O) groups is 4. The standard InChI is InChI=1S/C18H19N5O6S2/c1-3-5-29-22-11(10-6-30-17(20-10)19-9-24)13(25)21-12-14(26)23-7-18(4-2,16(27)28)8-31-15(12)23/h3-4,6,9,12,15H,1-2,5,7-8H2,(H,21,25)(H,27,28)(H,19,20,24)/t12?,15-,18?/m1/s1. The third kappa shape index (κ3) is 4.32. The molecule has 3 heterocycles. The molecule has 164 valence electrons. The molecule has 0 spiro atoms. The molecule has 3 amide bonds. The van der Waals surface area contributed by atoms with Gasteiger partial charge in [0, 0.05) is 17.7 Å². The fourth-order valence-corrected chi connectivity index (χ4v) is 5.19. The van der Waals surface area contributed by atoms with Crippen LogP contribution in [0.5, 0.6) is 0 Å². The van der Waals surface area contributed by atoms with Crippen LogP contribution < -0.4 is 10.6 Å². The first kappa shape index (κ1) is 22.5. The van der Waals surface area contributed by atoms with Crippen LogP contribution >= 0.6 is 23.1 Å². The third-order valence-electron chi connectivity index (χ3n) is 4.70. The minimum Gasteiger partial charge on any atom is -0.481 e. The van der Waals surface area contributed by atoms with Crippen molar-refractivity contribution in [2.24, 2.45) is 10.6 Å². The van der Waals surface area contributed by atoms with Crippen molar-refractivity contribution in [3.8, 4) is 0 Å². The summed E-state index contributed by atoms with van der Waals surface area (Å²) in [6.07, 6.45) is 3.24. The number of hydrogen-bond donors (Lipinski definition) is 3. The molecule has 2 aliphatic rings. The average molecular weight is 466 g/mol. The van der Waals surface area contributed by atoms with Gasteiger partial charge in [-0.25, -0.2) is 4.98 Å². The number of nitrogens with zero attached hydrogens (tertiary/aromatic N) is 3. The second kappa shape index (κ2) is 9.31. The van der Waals surface area contributed by atoms with E-state index in [0.717, 1.165) is 11.3 Å². The van der Waals surface area contributed by atoms with Gasteiger partial charge >= 0.3 is 5.97 Å². The maximum Gasteiger partial charge on any atom is 0.316 e. The van der Waals surface area contributed by atoms with Gasteiger partial charge in [-0.05, 0) is 0 Å². The number of anilines is 1. The van der Waals surface area contributed by atoms with E-state index >= 15 is 0 Å². The minimum absolute atomic E-state index is 0.00902. The topological polar surface area (TPSA) is 150 Å². The first-order valence-corrected chi connectivity index (χ1v) is 10.9. The molecule has 3 rings (SSSR count). The summed E-state index contributed by atoms with van der Waals surface area (Å²) < 4.78 is 0. The van der Waals surface area contributed by atoms with Crippen molar-refractivity contribution in [3.63, 3.8) is 0 Å². The normalized spacial score (nSPS) is 25.0. The molecule has 3 N–H and O–H groups in total. The molecule has 11 nitrogen and oxygen atoms in total. The summed E-state index contributed by atoms with van der Waals surface area (Å²) in [5, 5.41) is 19.7. The number of thiazole rings is 1. The Morgan fingerprint density at radius 3 is 2.90 bits per heavy atom. The van der Waals surface area contributed by atoms with Gasteiger partial charge in [0.25, 0.3) is 5.91 Å². The number of carboxylic acids is 1. The van der Waals surface area contributed by atoms with Gasteiger partial charge in [0.15, 0.2) is 10.8 Å². The number of β-lactam (4-membered cyclic amide) rings is 1. The number of nitrogens with one attached hydrogen (secondary N) is 2. The van der Waals surface area contributed by atoms with E-state index in [0.29, 0.717) is 6.41 Å². The zero-order chi connectivity index (χ0) is 22.6. The van der Waals surface area contributed by atoms with E-state index in [1.165, 1.54) is 34.2 Å². The fourth-order valence-electron chi connectivity index (χ4n) is 3.00. The Labute approximate surface area is 185 Å². The molecule has 1 aromatic heterocycles. The van der Waals surface area contributed by atoms with E-state index in [1.54, 1.807) is 0 Å². The van der Waals surface area contributed by atoms with Crippen molar-refractivity contribution >= 4 is 58.1 Å². The van der Waals surface area contributed by atoms with Gasteiger partial charge in [0.1, 0.15) is 29.1 Å². The third-order valence-corrected chi connectivity index (χ3v) is 7.02. The zero-order valence-corrected chi connectivity index (χ0v) is 17.8. The van der Waals surface area contributed by atoms with Crippen molar-refractivity contribution in [2.75, 3.05) is 24.2 Å². The van der Waals surface area contributed by atoms with E-state index in [2.05, 4.69) is 33.9 Å². The number of aliphatic carboxylic acids is 1. The van der Waals surface area contributed by atoms with Crippen LogP contribution in [-0.4, -0.2) is 75.2 Å². The van der Waals surface area contributed by atoms with Crippen molar-refractivity contribution in [3.05, 3.63) is 36.4 Å². The van der Waals surface area contributed by atoms with E-state index in [-0.39, 0.29) is 35.4 Å². The number of rotatable bonds is 10. The number of aromatic nitrogens is 1. The predicted octanol–water partition coefficient (Wildman–Crippen LogP) is 0.275. The smallest absolute Gasteiger partial charge is 0.316 e. The number of hydrogen-bond acceptors (Lipinski definition) is 9. The Bertz CT molecular complexity index is 963. The van der Waals surface area contributed by atoms with E-state index in [4.69, 9.17) is 4.84 Å². The van der Waals surface area contributed by atoms with Crippen LogP contribution in [0, 0.1) is 5.41 Å². The van der Waals surface area contributed by atoms with Gasteiger partial charge in [-0.2, -0.15) is 0 Å². The second-order valence-electron chi connectivity index (χ2n) is 6.61. The summed E-state index contributed by atoms with van der Waals surface area (Å²) >= 11 is 2.34. The molecule has 0 radical (unpaired) electrons. The van der Waals surface area contributed by atoms with Crippen LogP contribution in [0.2, 0.25) is 0 Å². The first-order chi connectivity index (χ1) is 14.9. The minimum atomic E-state index is -1.22. The average Bonchev–Trinajstić information content (AvgIpc) is 3.22. The molecule has 2 fully saturated rings. The van der Waals surface area contributed by atoms with Crippen molar-refractivity contribution in [1.82, 2.24) is 15.2 Å². The monoisotopic (exact) mass is 465 g/mol. The molecule has 2 aliphatic heterocycles. The Kier molecular flexibility index (Phi) is 6.75. The lowest BCUT2D eigenvalue weighted by Crippen LogP contribution is -2.73. The van der Waals surface area contributed by atoms with Crippen LogP contribution in [0.1, 0.15) is 5.69 Å². The molecule has 1 aromatic rings. The molecule has 0 bridgehead atoms. The molecule has 0 aliphatic carbocycles. The molecule has 13 heteroatoms. The van der Waals surface area contributed by atoms with E-state index in [1.807, 2.05) is 0 Å². The summed E-state index contributed by atoms with van der Waals surface area (Å²) in [6.45, 7) is 7.13. The van der Waals surface area contributed by atoms with Gasteiger partial charge in [0.05, 0.1) is 0 Å². The highest BCUT2D eigenvalue weighted by atomic mass is 32.2. The fraction of sp³-hybridized carbons (Fsp3) is 0.333. The van der Waals surface area contributed by atoms with Crippen molar-refractivity contribution in [2.45, 2.75) is 11.4 Å². The summed E-state index contributed by atoms with van der Waals surface area (Å²) in [5.74, 6) is -1.91. The number of amides is 3. The van der Waals surface area contributed by atoms with Crippen LogP contribution in [0.4, 0.5) is 5.13 Å². The Balaban J connectivity index is 1.73. The lowest BCUT2D eigenvalue weighted by molar-refractivity contribution is -0.156. The van der Waals surface area contributed by atoms with Crippen molar-refractivity contribution < 1.29 is 29.1 Å². The molecule has 0 aromatic carbocycles. The second-order valence-corrected chi connectivity index (χ2v) is 8.57. The van der Waals surface area contributed by atoms with Crippen LogP contribution in [0.15, 0.2) is 35.8 Å². The lowest BCUT2D eigenvalue weighted by atomic mass is 9.87. The maximum absolute atomic E-state index is 12.9. The van der Waals surface area contributed by atoms with Crippen LogP contribution in [0.25, 0.3) is 0 Å². The largest absolute Gasteiger partial charge is 0.481 e. The number of carboxylic acid groups (broad SMARTS) is 1. The van der Waals surface area contributed by atoms with Crippen LogP contribution in [0.3, 0.4) is 0 Å². The SMILES string of the molecule is C=CCON=C(C(=O)NC1C(=O)N2CC(C=C)(C(=O)O)CS[C@H]12)c1csc(NC=O)n1. The summed E-state index contributed by atoms with van der Waals surface area (Å²) in [7, 11) is 0. The Hall–Kier alpha value is -3.19.